The van der Waals surface area contributed by atoms with Crippen molar-refractivity contribution in [3.8, 4) is 0 Å². The van der Waals surface area contributed by atoms with Crippen LogP contribution in [0.5, 0.6) is 0 Å². The van der Waals surface area contributed by atoms with Crippen molar-refractivity contribution in [1.29, 1.82) is 0 Å². The van der Waals surface area contributed by atoms with Gasteiger partial charge in [-0.3, -0.25) is 4.79 Å². The highest BCUT2D eigenvalue weighted by Crippen LogP contribution is 2.27. The third-order valence-corrected chi connectivity index (χ3v) is 4.39. The first-order valence-electron chi connectivity index (χ1n) is 8.79. The third kappa shape index (κ3) is 5.23. The maximum atomic E-state index is 12.7. The van der Waals surface area contributed by atoms with Gasteiger partial charge < -0.3 is 4.90 Å². The molecule has 0 saturated heterocycles. The molecule has 2 rings (SSSR count). The number of carbonyl (C=O) groups is 1. The number of nitrogens with zero attached hydrogens (tertiary/aromatic N) is 1. The fourth-order valence-corrected chi connectivity index (χ4v) is 3.28. The lowest BCUT2D eigenvalue weighted by atomic mass is 9.81. The van der Waals surface area contributed by atoms with Crippen LogP contribution in [0.15, 0.2) is 54.6 Å². The molecule has 2 aromatic carbocycles. The Bertz CT molecular complexity index is 661. The summed E-state index contributed by atoms with van der Waals surface area (Å²) in [5.41, 5.74) is 3.44. The zero-order chi connectivity index (χ0) is 17.6. The molecule has 0 radical (unpaired) electrons. The first-order valence-corrected chi connectivity index (χ1v) is 8.79. The van der Waals surface area contributed by atoms with Gasteiger partial charge in [0.15, 0.2) is 0 Å². The van der Waals surface area contributed by atoms with Crippen LogP contribution in [0.1, 0.15) is 55.1 Å². The molecule has 0 N–H and O–H groups in total. The van der Waals surface area contributed by atoms with Crippen LogP contribution in [-0.2, 0) is 13.0 Å². The molecule has 2 nitrogen and oxygen atoms in total. The van der Waals surface area contributed by atoms with Crippen molar-refractivity contribution >= 4 is 5.91 Å². The molecule has 0 saturated carbocycles. The van der Waals surface area contributed by atoms with Crippen molar-refractivity contribution < 1.29 is 4.79 Å². The topological polar surface area (TPSA) is 20.3 Å². The Balaban J connectivity index is 2.08. The van der Waals surface area contributed by atoms with Gasteiger partial charge in [-0.2, -0.15) is 0 Å². The normalized spacial score (nSPS) is 11.3. The molecule has 0 bridgehead atoms. The molecule has 0 spiro atoms. The smallest absolute Gasteiger partial charge is 0.253 e. The number of carbonyl (C=O) groups excluding carboxylic acids is 1. The second kappa shape index (κ2) is 8.14. The number of hydrogen-bond acceptors (Lipinski definition) is 1. The van der Waals surface area contributed by atoms with Crippen molar-refractivity contribution in [2.45, 2.75) is 46.6 Å². The number of benzene rings is 2. The Morgan fingerprint density at radius 1 is 1.00 bits per heavy atom. The number of amides is 1. The fourth-order valence-electron chi connectivity index (χ4n) is 3.28. The van der Waals surface area contributed by atoms with Gasteiger partial charge in [-0.25, -0.2) is 0 Å². The Kier molecular flexibility index (Phi) is 6.19. The molecule has 0 aliphatic rings. The lowest BCUT2D eigenvalue weighted by Gasteiger charge is -2.24. The molecule has 0 aliphatic carbocycles. The van der Waals surface area contributed by atoms with E-state index >= 15 is 0 Å². The zero-order valence-electron chi connectivity index (χ0n) is 15.4. The standard InChI is InChI=1S/C22H29NO/c1-5-14-22(2,3)16-19-12-9-13-20(15-19)21(24)23(4)17-18-10-7-6-8-11-18/h6-13,15H,5,14,16-17H2,1-4H3. The first-order chi connectivity index (χ1) is 11.4. The highest BCUT2D eigenvalue weighted by atomic mass is 16.2. The second-order valence-electron chi connectivity index (χ2n) is 7.44. The van der Waals surface area contributed by atoms with E-state index in [2.05, 4.69) is 32.9 Å². The molecule has 2 heteroatoms. The summed E-state index contributed by atoms with van der Waals surface area (Å²) in [7, 11) is 1.86. The summed E-state index contributed by atoms with van der Waals surface area (Å²) >= 11 is 0. The SMILES string of the molecule is CCCC(C)(C)Cc1cccc(C(=O)N(C)Cc2ccccc2)c1. The minimum absolute atomic E-state index is 0.0778. The Morgan fingerprint density at radius 3 is 2.33 bits per heavy atom. The predicted octanol–water partition coefficient (Wildman–Crippen LogP) is 5.33. The minimum atomic E-state index is 0.0778. The summed E-state index contributed by atoms with van der Waals surface area (Å²) in [6, 6.07) is 18.2. The first kappa shape index (κ1) is 18.3. The second-order valence-corrected chi connectivity index (χ2v) is 7.44. The van der Waals surface area contributed by atoms with Gasteiger partial charge in [-0.05, 0) is 41.5 Å². The molecule has 0 unspecified atom stereocenters. The van der Waals surface area contributed by atoms with Gasteiger partial charge in [0.25, 0.3) is 5.91 Å². The molecule has 0 atom stereocenters. The average Bonchev–Trinajstić information content (AvgIpc) is 2.54. The molecular weight excluding hydrogens is 294 g/mol. The van der Waals surface area contributed by atoms with Crippen molar-refractivity contribution in [1.82, 2.24) is 4.90 Å². The summed E-state index contributed by atoms with van der Waals surface area (Å²) in [5.74, 6) is 0.0778. The average molecular weight is 323 g/mol. The molecule has 1 amide bonds. The molecule has 24 heavy (non-hydrogen) atoms. The van der Waals surface area contributed by atoms with Crippen molar-refractivity contribution in [3.05, 3.63) is 71.3 Å². The van der Waals surface area contributed by atoms with Crippen LogP contribution in [0.3, 0.4) is 0 Å². The van der Waals surface area contributed by atoms with Gasteiger partial charge in [0.05, 0.1) is 0 Å². The molecule has 0 fully saturated rings. The van der Waals surface area contributed by atoms with Crippen LogP contribution in [0, 0.1) is 5.41 Å². The van der Waals surface area contributed by atoms with Crippen LogP contribution in [0.4, 0.5) is 0 Å². The lowest BCUT2D eigenvalue weighted by molar-refractivity contribution is 0.0785. The molecule has 0 heterocycles. The largest absolute Gasteiger partial charge is 0.337 e. The zero-order valence-corrected chi connectivity index (χ0v) is 15.4. The summed E-state index contributed by atoms with van der Waals surface area (Å²) in [4.78, 5) is 14.5. The van der Waals surface area contributed by atoms with E-state index in [1.807, 2.05) is 49.5 Å². The van der Waals surface area contributed by atoms with Crippen LogP contribution >= 0.6 is 0 Å². The van der Waals surface area contributed by atoms with Crippen molar-refractivity contribution in [2.24, 2.45) is 5.41 Å². The Labute approximate surface area is 146 Å². The summed E-state index contributed by atoms with van der Waals surface area (Å²) < 4.78 is 0. The monoisotopic (exact) mass is 323 g/mol. The van der Waals surface area contributed by atoms with Crippen LogP contribution in [0.25, 0.3) is 0 Å². The predicted molar refractivity (Wildman–Crippen MR) is 101 cm³/mol. The third-order valence-electron chi connectivity index (χ3n) is 4.39. The summed E-state index contributed by atoms with van der Waals surface area (Å²) in [6.07, 6.45) is 3.38. The minimum Gasteiger partial charge on any atom is -0.337 e. The maximum Gasteiger partial charge on any atom is 0.253 e. The van der Waals surface area contributed by atoms with E-state index in [1.54, 1.807) is 4.90 Å². The molecule has 0 aromatic heterocycles. The van der Waals surface area contributed by atoms with Crippen LogP contribution in [0.2, 0.25) is 0 Å². The van der Waals surface area contributed by atoms with Gasteiger partial charge in [-0.1, -0.05) is 69.7 Å². The molecule has 0 aliphatic heterocycles. The van der Waals surface area contributed by atoms with E-state index in [9.17, 15) is 4.79 Å². The van der Waals surface area contributed by atoms with Gasteiger partial charge in [-0.15, -0.1) is 0 Å². The van der Waals surface area contributed by atoms with Gasteiger partial charge in [0.2, 0.25) is 0 Å². The van der Waals surface area contributed by atoms with Gasteiger partial charge in [0, 0.05) is 19.2 Å². The molecule has 2 aromatic rings. The fraction of sp³-hybridized carbons (Fsp3) is 0.409. The Hall–Kier alpha value is -2.09. The Morgan fingerprint density at radius 2 is 1.67 bits per heavy atom. The maximum absolute atomic E-state index is 12.7. The van der Waals surface area contributed by atoms with Crippen LogP contribution in [-0.4, -0.2) is 17.9 Å². The number of rotatable bonds is 7. The van der Waals surface area contributed by atoms with E-state index < -0.39 is 0 Å². The van der Waals surface area contributed by atoms with E-state index in [4.69, 9.17) is 0 Å². The van der Waals surface area contributed by atoms with E-state index in [0.29, 0.717) is 6.54 Å². The van der Waals surface area contributed by atoms with Crippen molar-refractivity contribution in [3.63, 3.8) is 0 Å². The molecule has 128 valence electrons. The summed E-state index contributed by atoms with van der Waals surface area (Å²) in [5, 5.41) is 0. The van der Waals surface area contributed by atoms with Gasteiger partial charge >= 0.3 is 0 Å². The number of hydrogen-bond donors (Lipinski definition) is 0. The summed E-state index contributed by atoms with van der Waals surface area (Å²) in [6.45, 7) is 7.45. The lowest BCUT2D eigenvalue weighted by Crippen LogP contribution is -2.26. The van der Waals surface area contributed by atoms with E-state index in [1.165, 1.54) is 18.4 Å². The van der Waals surface area contributed by atoms with E-state index in [0.717, 1.165) is 17.5 Å². The highest BCUT2D eigenvalue weighted by molar-refractivity contribution is 5.94. The van der Waals surface area contributed by atoms with E-state index in [-0.39, 0.29) is 11.3 Å². The van der Waals surface area contributed by atoms with Crippen molar-refractivity contribution in [2.75, 3.05) is 7.05 Å². The quantitative estimate of drug-likeness (QED) is 0.674. The highest BCUT2D eigenvalue weighted by Gasteiger charge is 2.18. The molecular formula is C22H29NO. The van der Waals surface area contributed by atoms with Crippen LogP contribution < -0.4 is 0 Å². The van der Waals surface area contributed by atoms with Gasteiger partial charge in [0.1, 0.15) is 0 Å².